The second-order valence-electron chi connectivity index (χ2n) is 7.48. The summed E-state index contributed by atoms with van der Waals surface area (Å²) in [4.78, 5) is 8.39. The van der Waals surface area contributed by atoms with Crippen molar-refractivity contribution in [1.82, 2.24) is 20.2 Å². The van der Waals surface area contributed by atoms with Gasteiger partial charge < -0.3 is 10.6 Å². The van der Waals surface area contributed by atoms with Crippen molar-refractivity contribution in [2.75, 3.05) is 10.6 Å². The smallest absolute Gasteiger partial charge is 0.323 e. The highest BCUT2D eigenvalue weighted by atomic mass is 19.4. The lowest BCUT2D eigenvalue weighted by molar-refractivity contribution is -0.137. The van der Waals surface area contributed by atoms with E-state index in [1.165, 1.54) is 6.07 Å². The van der Waals surface area contributed by atoms with Crippen LogP contribution in [0.4, 0.5) is 45.2 Å². The number of aromatic amines is 1. The van der Waals surface area contributed by atoms with Crippen LogP contribution in [0.15, 0.2) is 42.5 Å². The number of alkyl halides is 3. The summed E-state index contributed by atoms with van der Waals surface area (Å²) in [7, 11) is 0. The van der Waals surface area contributed by atoms with E-state index in [9.17, 15) is 22.0 Å². The van der Waals surface area contributed by atoms with Crippen LogP contribution >= 0.6 is 0 Å². The number of hydrogen-bond donors (Lipinski definition) is 3. The molecule has 5 rings (SSSR count). The Morgan fingerprint density at radius 2 is 1.75 bits per heavy atom. The first-order chi connectivity index (χ1) is 15.3. The fourth-order valence-corrected chi connectivity index (χ4v) is 3.29. The van der Waals surface area contributed by atoms with E-state index in [-0.39, 0.29) is 23.0 Å². The third-order valence-corrected chi connectivity index (χ3v) is 5.06. The number of aromatic nitrogens is 4. The van der Waals surface area contributed by atoms with E-state index in [2.05, 4.69) is 30.8 Å². The molecule has 1 aliphatic rings. The number of nitrogens with one attached hydrogen (secondary N) is 3. The molecule has 3 N–H and O–H groups in total. The summed E-state index contributed by atoms with van der Waals surface area (Å²) < 4.78 is 66.9. The number of H-pyrrole nitrogens is 1. The number of halogens is 5. The van der Waals surface area contributed by atoms with Gasteiger partial charge in [0.15, 0.2) is 5.82 Å². The summed E-state index contributed by atoms with van der Waals surface area (Å²) in [6.45, 7) is 0. The largest absolute Gasteiger partial charge is 0.416 e. The average Bonchev–Trinajstić information content (AvgIpc) is 3.48. The van der Waals surface area contributed by atoms with Crippen LogP contribution in [0, 0.1) is 11.6 Å². The molecule has 11 heteroatoms. The Morgan fingerprint density at radius 3 is 2.47 bits per heavy atom. The fourth-order valence-electron chi connectivity index (χ4n) is 3.29. The first-order valence-electron chi connectivity index (χ1n) is 9.70. The van der Waals surface area contributed by atoms with E-state index < -0.39 is 23.4 Å². The molecule has 4 aromatic rings. The van der Waals surface area contributed by atoms with Crippen molar-refractivity contribution in [1.29, 1.82) is 0 Å². The number of nitrogens with zero attached hydrogens (tertiary/aromatic N) is 3. The molecule has 0 aliphatic heterocycles. The molecule has 0 bridgehead atoms. The maximum Gasteiger partial charge on any atom is 0.416 e. The zero-order valence-electron chi connectivity index (χ0n) is 16.3. The van der Waals surface area contributed by atoms with Gasteiger partial charge in [-0.25, -0.2) is 13.8 Å². The number of rotatable bonds is 5. The van der Waals surface area contributed by atoms with E-state index in [0.29, 0.717) is 23.2 Å². The van der Waals surface area contributed by atoms with Gasteiger partial charge in [0.2, 0.25) is 5.95 Å². The van der Waals surface area contributed by atoms with Gasteiger partial charge in [-0.1, -0.05) is 0 Å². The predicted octanol–water partition coefficient (Wildman–Crippen LogP) is 6.01. The van der Waals surface area contributed by atoms with E-state index >= 15 is 0 Å². The van der Waals surface area contributed by atoms with Crippen LogP contribution in [0.1, 0.15) is 30.0 Å². The van der Waals surface area contributed by atoms with Crippen molar-refractivity contribution in [3.05, 3.63) is 65.4 Å². The van der Waals surface area contributed by atoms with Gasteiger partial charge in [0.1, 0.15) is 17.5 Å². The van der Waals surface area contributed by atoms with E-state index in [1.54, 1.807) is 0 Å². The molecule has 32 heavy (non-hydrogen) atoms. The summed E-state index contributed by atoms with van der Waals surface area (Å²) in [5.74, 6) is -0.785. The maximum atomic E-state index is 14.1. The Balaban J connectivity index is 1.57. The third kappa shape index (κ3) is 4.05. The minimum absolute atomic E-state index is 0.0136. The Bertz CT molecular complexity index is 1310. The molecule has 0 spiro atoms. The topological polar surface area (TPSA) is 78.5 Å². The highest BCUT2D eigenvalue weighted by Crippen LogP contribution is 2.40. The number of hydrogen-bond acceptors (Lipinski definition) is 5. The molecule has 0 amide bonds. The summed E-state index contributed by atoms with van der Waals surface area (Å²) in [6, 6.07) is 7.75. The Labute approximate surface area is 177 Å². The summed E-state index contributed by atoms with van der Waals surface area (Å²) in [6.07, 6.45) is -2.43. The van der Waals surface area contributed by atoms with Crippen LogP contribution in [-0.4, -0.2) is 20.2 Å². The molecule has 1 fully saturated rings. The van der Waals surface area contributed by atoms with Gasteiger partial charge in [0, 0.05) is 29.1 Å². The fraction of sp³-hybridized carbons (Fsp3) is 0.190. The van der Waals surface area contributed by atoms with Crippen LogP contribution in [-0.2, 0) is 6.18 Å². The standard InChI is InChI=1S/C21H15F5N6/c22-12-4-6-15(14(23)8-12)27-20-28-17-7-11(21(24,25)26)3-5-13(17)19(30-20)29-18-9-16(31-32-18)10-1-2-10/h3-10H,1-2H2,(H3,27,28,29,30,31,32). The van der Waals surface area contributed by atoms with E-state index in [0.717, 1.165) is 42.8 Å². The minimum Gasteiger partial charge on any atom is -0.323 e. The van der Waals surface area contributed by atoms with Crippen LogP contribution in [0.5, 0.6) is 0 Å². The normalized spacial score (nSPS) is 14.0. The van der Waals surface area contributed by atoms with Crippen molar-refractivity contribution in [3.8, 4) is 0 Å². The zero-order valence-corrected chi connectivity index (χ0v) is 16.3. The highest BCUT2D eigenvalue weighted by molar-refractivity contribution is 5.92. The van der Waals surface area contributed by atoms with Crippen LogP contribution < -0.4 is 10.6 Å². The van der Waals surface area contributed by atoms with Crippen LogP contribution in [0.25, 0.3) is 10.9 Å². The quantitative estimate of drug-likeness (QED) is 0.327. The Morgan fingerprint density at radius 1 is 0.938 bits per heavy atom. The van der Waals surface area contributed by atoms with Gasteiger partial charge in [0.05, 0.1) is 16.8 Å². The van der Waals surface area contributed by atoms with Gasteiger partial charge in [-0.2, -0.15) is 23.3 Å². The lowest BCUT2D eigenvalue weighted by Crippen LogP contribution is -2.07. The van der Waals surface area contributed by atoms with Crippen LogP contribution in [0.2, 0.25) is 0 Å². The zero-order chi connectivity index (χ0) is 22.5. The maximum absolute atomic E-state index is 14.1. The number of benzene rings is 2. The Kier molecular flexibility index (Phi) is 4.68. The number of fused-ring (bicyclic) bond motifs is 1. The minimum atomic E-state index is -4.56. The average molecular weight is 446 g/mol. The summed E-state index contributed by atoms with van der Waals surface area (Å²) >= 11 is 0. The molecule has 0 saturated heterocycles. The SMILES string of the molecule is Fc1ccc(Nc2nc(Nc3cc(C4CC4)[nH]n3)c3ccc(C(F)(F)F)cc3n2)c(F)c1. The van der Waals surface area contributed by atoms with E-state index in [1.807, 2.05) is 6.07 Å². The monoisotopic (exact) mass is 446 g/mol. The highest BCUT2D eigenvalue weighted by Gasteiger charge is 2.31. The molecule has 1 aliphatic carbocycles. The van der Waals surface area contributed by atoms with Gasteiger partial charge in [-0.15, -0.1) is 0 Å². The second-order valence-corrected chi connectivity index (χ2v) is 7.48. The second kappa shape index (κ2) is 7.43. The van der Waals surface area contributed by atoms with Crippen molar-refractivity contribution < 1.29 is 22.0 Å². The van der Waals surface area contributed by atoms with E-state index in [4.69, 9.17) is 0 Å². The van der Waals surface area contributed by atoms with Gasteiger partial charge in [-0.3, -0.25) is 5.10 Å². The van der Waals surface area contributed by atoms with Crippen LogP contribution in [0.3, 0.4) is 0 Å². The third-order valence-electron chi connectivity index (χ3n) is 5.06. The van der Waals surface area contributed by atoms with Gasteiger partial charge >= 0.3 is 6.18 Å². The van der Waals surface area contributed by atoms with Gasteiger partial charge in [-0.05, 0) is 43.2 Å². The molecular weight excluding hydrogens is 431 g/mol. The van der Waals surface area contributed by atoms with Crippen molar-refractivity contribution in [2.45, 2.75) is 24.9 Å². The Hall–Kier alpha value is -3.76. The van der Waals surface area contributed by atoms with Gasteiger partial charge in [0.25, 0.3) is 0 Å². The molecule has 2 aromatic carbocycles. The first kappa shape index (κ1) is 20.2. The molecule has 6 nitrogen and oxygen atoms in total. The first-order valence-corrected chi connectivity index (χ1v) is 9.70. The summed E-state index contributed by atoms with van der Waals surface area (Å²) in [5, 5.41) is 13.0. The molecule has 0 radical (unpaired) electrons. The molecule has 2 heterocycles. The lowest BCUT2D eigenvalue weighted by atomic mass is 10.1. The predicted molar refractivity (Wildman–Crippen MR) is 108 cm³/mol. The summed E-state index contributed by atoms with van der Waals surface area (Å²) in [5.41, 5.74) is -0.0685. The lowest BCUT2D eigenvalue weighted by Gasteiger charge is -2.13. The van der Waals surface area contributed by atoms with Crippen molar-refractivity contribution in [3.63, 3.8) is 0 Å². The molecule has 164 valence electrons. The van der Waals surface area contributed by atoms with Crippen molar-refractivity contribution in [2.24, 2.45) is 0 Å². The molecule has 0 atom stereocenters. The molecule has 0 unspecified atom stereocenters. The molecule has 1 saturated carbocycles. The number of anilines is 4. The van der Waals surface area contributed by atoms with Crippen molar-refractivity contribution >= 4 is 34.2 Å². The molecular formula is C21H15F5N6. The molecule has 2 aromatic heterocycles.